The number of ether oxygens (including phenoxy) is 1. The predicted octanol–water partition coefficient (Wildman–Crippen LogP) is 1.13. The van der Waals surface area contributed by atoms with Crippen LogP contribution in [0.15, 0.2) is 6.20 Å². The maximum atomic E-state index is 5.35. The molecular weight excluding hydrogens is 216 g/mol. The summed E-state index contributed by atoms with van der Waals surface area (Å²) in [4.78, 5) is 0. The molecule has 94 valence electrons. The van der Waals surface area contributed by atoms with Crippen molar-refractivity contribution in [1.29, 1.82) is 0 Å². The third-order valence-corrected chi connectivity index (χ3v) is 3.56. The molecule has 5 nitrogen and oxygen atoms in total. The molecule has 17 heavy (non-hydrogen) atoms. The van der Waals surface area contributed by atoms with Gasteiger partial charge in [0.05, 0.1) is 17.9 Å². The van der Waals surface area contributed by atoms with E-state index in [4.69, 9.17) is 4.74 Å². The lowest BCUT2D eigenvalue weighted by Gasteiger charge is -2.21. The molecule has 1 N–H and O–H groups in total. The molecule has 0 atom stereocenters. The zero-order valence-electron chi connectivity index (χ0n) is 10.1. The summed E-state index contributed by atoms with van der Waals surface area (Å²) >= 11 is 0. The van der Waals surface area contributed by atoms with Gasteiger partial charge in [0.25, 0.3) is 0 Å². The lowest BCUT2D eigenvalue weighted by molar-refractivity contribution is 0.0657. The summed E-state index contributed by atoms with van der Waals surface area (Å²) in [6.45, 7) is 3.67. The van der Waals surface area contributed by atoms with Crippen molar-refractivity contribution in [1.82, 2.24) is 20.3 Å². The molecule has 1 saturated carbocycles. The molecule has 2 heterocycles. The van der Waals surface area contributed by atoms with E-state index >= 15 is 0 Å². The van der Waals surface area contributed by atoms with Gasteiger partial charge in [-0.1, -0.05) is 5.21 Å². The van der Waals surface area contributed by atoms with Crippen LogP contribution in [0.4, 0.5) is 0 Å². The zero-order valence-corrected chi connectivity index (χ0v) is 10.1. The molecule has 1 aliphatic carbocycles. The standard InChI is InChI=1S/C12H20N4O/c1-2-10(1)7-13-8-11-9-16(15-14-11)12-3-5-17-6-4-12/h9-10,12-13H,1-8H2. The average Bonchev–Trinajstić information content (AvgIpc) is 3.07. The second-order valence-corrected chi connectivity index (χ2v) is 5.11. The lowest BCUT2D eigenvalue weighted by Crippen LogP contribution is -2.20. The van der Waals surface area contributed by atoms with Crippen LogP contribution in [0.3, 0.4) is 0 Å². The summed E-state index contributed by atoms with van der Waals surface area (Å²) in [6.07, 6.45) is 6.97. The van der Waals surface area contributed by atoms with Crippen molar-refractivity contribution in [3.8, 4) is 0 Å². The second kappa shape index (κ2) is 5.14. The highest BCUT2D eigenvalue weighted by Crippen LogP contribution is 2.27. The molecule has 0 unspecified atom stereocenters. The summed E-state index contributed by atoms with van der Waals surface area (Å²) in [5, 5.41) is 11.9. The maximum absolute atomic E-state index is 5.35. The van der Waals surface area contributed by atoms with Crippen LogP contribution < -0.4 is 5.32 Å². The van der Waals surface area contributed by atoms with Crippen LogP contribution in [0.25, 0.3) is 0 Å². The van der Waals surface area contributed by atoms with E-state index in [-0.39, 0.29) is 0 Å². The first kappa shape index (κ1) is 11.2. The van der Waals surface area contributed by atoms with Gasteiger partial charge in [-0.3, -0.25) is 0 Å². The van der Waals surface area contributed by atoms with E-state index in [1.54, 1.807) is 0 Å². The topological polar surface area (TPSA) is 52.0 Å². The predicted molar refractivity (Wildman–Crippen MR) is 63.5 cm³/mol. The highest BCUT2D eigenvalue weighted by Gasteiger charge is 2.20. The molecule has 1 aliphatic heterocycles. The largest absolute Gasteiger partial charge is 0.381 e. The molecule has 0 spiro atoms. The third-order valence-electron chi connectivity index (χ3n) is 3.56. The zero-order chi connectivity index (χ0) is 11.5. The van der Waals surface area contributed by atoms with Gasteiger partial charge in [0.1, 0.15) is 0 Å². The van der Waals surface area contributed by atoms with Crippen LogP contribution >= 0.6 is 0 Å². The Morgan fingerprint density at radius 3 is 2.88 bits per heavy atom. The minimum Gasteiger partial charge on any atom is -0.381 e. The second-order valence-electron chi connectivity index (χ2n) is 5.11. The van der Waals surface area contributed by atoms with E-state index in [0.29, 0.717) is 6.04 Å². The van der Waals surface area contributed by atoms with Crippen molar-refractivity contribution in [2.75, 3.05) is 19.8 Å². The number of aromatic nitrogens is 3. The first-order chi connectivity index (χ1) is 8.42. The third kappa shape index (κ3) is 3.04. The van der Waals surface area contributed by atoms with Gasteiger partial charge < -0.3 is 10.1 Å². The van der Waals surface area contributed by atoms with Gasteiger partial charge in [0.15, 0.2) is 0 Å². The van der Waals surface area contributed by atoms with Gasteiger partial charge in [-0.05, 0) is 38.1 Å². The fraction of sp³-hybridized carbons (Fsp3) is 0.833. The molecule has 0 bridgehead atoms. The molecule has 1 saturated heterocycles. The first-order valence-corrected chi connectivity index (χ1v) is 6.61. The Labute approximate surface area is 102 Å². The minimum absolute atomic E-state index is 0.480. The van der Waals surface area contributed by atoms with Gasteiger partial charge in [-0.25, -0.2) is 4.68 Å². The van der Waals surface area contributed by atoms with Gasteiger partial charge in [-0.2, -0.15) is 0 Å². The van der Waals surface area contributed by atoms with E-state index in [2.05, 4.69) is 21.8 Å². The fourth-order valence-electron chi connectivity index (χ4n) is 2.25. The van der Waals surface area contributed by atoms with Crippen LogP contribution in [-0.4, -0.2) is 34.8 Å². The first-order valence-electron chi connectivity index (χ1n) is 6.61. The Kier molecular flexibility index (Phi) is 3.38. The molecule has 5 heteroatoms. The lowest BCUT2D eigenvalue weighted by atomic mass is 10.1. The molecule has 0 aromatic carbocycles. The normalized spacial score (nSPS) is 21.9. The highest BCUT2D eigenvalue weighted by atomic mass is 16.5. The van der Waals surface area contributed by atoms with Gasteiger partial charge in [0.2, 0.25) is 0 Å². The Bertz CT molecular complexity index is 355. The SMILES string of the molecule is c1c(CNCC2CC2)nnn1C1CCOCC1. The van der Waals surface area contributed by atoms with Gasteiger partial charge in [0, 0.05) is 19.8 Å². The summed E-state index contributed by atoms with van der Waals surface area (Å²) < 4.78 is 7.36. The van der Waals surface area contributed by atoms with Crippen molar-refractivity contribution in [2.45, 2.75) is 38.3 Å². The Morgan fingerprint density at radius 1 is 1.29 bits per heavy atom. The van der Waals surface area contributed by atoms with E-state index < -0.39 is 0 Å². The summed E-state index contributed by atoms with van der Waals surface area (Å²) in [7, 11) is 0. The minimum atomic E-state index is 0.480. The van der Waals surface area contributed by atoms with Gasteiger partial charge in [-0.15, -0.1) is 5.10 Å². The van der Waals surface area contributed by atoms with Crippen LogP contribution in [0.2, 0.25) is 0 Å². The van der Waals surface area contributed by atoms with Crippen LogP contribution in [0, 0.1) is 5.92 Å². The summed E-state index contributed by atoms with van der Waals surface area (Å²) in [6, 6.07) is 0.480. The Balaban J connectivity index is 1.49. The number of hydrogen-bond acceptors (Lipinski definition) is 4. The Hall–Kier alpha value is -0.940. The van der Waals surface area contributed by atoms with Gasteiger partial charge >= 0.3 is 0 Å². The van der Waals surface area contributed by atoms with Crippen molar-refractivity contribution in [3.05, 3.63) is 11.9 Å². The van der Waals surface area contributed by atoms with Crippen molar-refractivity contribution in [3.63, 3.8) is 0 Å². The maximum Gasteiger partial charge on any atom is 0.0964 e. The smallest absolute Gasteiger partial charge is 0.0964 e. The van der Waals surface area contributed by atoms with Crippen LogP contribution in [-0.2, 0) is 11.3 Å². The number of nitrogens with one attached hydrogen (secondary N) is 1. The quantitative estimate of drug-likeness (QED) is 0.832. The number of nitrogens with zero attached hydrogens (tertiary/aromatic N) is 3. The summed E-state index contributed by atoms with van der Waals surface area (Å²) in [5.74, 6) is 0.917. The molecule has 0 amide bonds. The molecule has 1 aromatic heterocycles. The van der Waals surface area contributed by atoms with E-state index in [1.807, 2.05) is 4.68 Å². The average molecular weight is 236 g/mol. The molecule has 1 aromatic rings. The van der Waals surface area contributed by atoms with E-state index in [9.17, 15) is 0 Å². The molecule has 0 radical (unpaired) electrons. The highest BCUT2D eigenvalue weighted by molar-refractivity contribution is 4.93. The van der Waals surface area contributed by atoms with Crippen molar-refractivity contribution >= 4 is 0 Å². The van der Waals surface area contributed by atoms with E-state index in [0.717, 1.165) is 50.8 Å². The van der Waals surface area contributed by atoms with Crippen molar-refractivity contribution in [2.24, 2.45) is 5.92 Å². The number of hydrogen-bond donors (Lipinski definition) is 1. The monoisotopic (exact) mass is 236 g/mol. The molecule has 3 rings (SSSR count). The van der Waals surface area contributed by atoms with E-state index in [1.165, 1.54) is 12.8 Å². The molecular formula is C12H20N4O. The molecule has 2 aliphatic rings. The Morgan fingerprint density at radius 2 is 2.12 bits per heavy atom. The van der Waals surface area contributed by atoms with Crippen LogP contribution in [0.1, 0.15) is 37.4 Å². The van der Waals surface area contributed by atoms with Crippen LogP contribution in [0.5, 0.6) is 0 Å². The molecule has 2 fully saturated rings. The summed E-state index contributed by atoms with van der Waals surface area (Å²) in [5.41, 5.74) is 1.05. The number of rotatable bonds is 5. The van der Waals surface area contributed by atoms with Crippen molar-refractivity contribution < 1.29 is 4.74 Å². The fourth-order valence-corrected chi connectivity index (χ4v) is 2.25.